The van der Waals surface area contributed by atoms with Crippen LogP contribution in [0, 0.1) is 6.92 Å². The van der Waals surface area contributed by atoms with Gasteiger partial charge in [-0.3, -0.25) is 0 Å². The van der Waals surface area contributed by atoms with Crippen molar-refractivity contribution < 1.29 is 18.3 Å². The van der Waals surface area contributed by atoms with Crippen molar-refractivity contribution in [2.45, 2.75) is 13.3 Å². The first-order valence-electron chi connectivity index (χ1n) is 5.11. The van der Waals surface area contributed by atoms with E-state index < -0.39 is 16.0 Å². The zero-order valence-corrected chi connectivity index (χ0v) is 10.6. The van der Waals surface area contributed by atoms with Crippen molar-refractivity contribution >= 4 is 21.9 Å². The van der Waals surface area contributed by atoms with Crippen LogP contribution in [-0.2, 0) is 10.0 Å². The van der Waals surface area contributed by atoms with Crippen LogP contribution in [0.25, 0.3) is 0 Å². The number of carboxylic acids is 1. The van der Waals surface area contributed by atoms with Gasteiger partial charge in [0.05, 0.1) is 5.75 Å². The van der Waals surface area contributed by atoms with Crippen molar-refractivity contribution in [2.24, 2.45) is 5.14 Å². The van der Waals surface area contributed by atoms with E-state index in [1.54, 1.807) is 6.92 Å². The van der Waals surface area contributed by atoms with Gasteiger partial charge >= 0.3 is 5.97 Å². The number of nitrogens with zero attached hydrogens (tertiary/aromatic N) is 2. The maximum atomic E-state index is 10.8. The number of hydrogen-bond donors (Lipinski definition) is 3. The van der Waals surface area contributed by atoms with E-state index in [0.717, 1.165) is 0 Å². The molecule has 0 aliphatic heterocycles. The van der Waals surface area contributed by atoms with Crippen molar-refractivity contribution in [3.8, 4) is 0 Å². The maximum absolute atomic E-state index is 10.8. The van der Waals surface area contributed by atoms with E-state index in [4.69, 9.17) is 10.2 Å². The third-order valence-electron chi connectivity index (χ3n) is 1.96. The highest BCUT2D eigenvalue weighted by atomic mass is 32.2. The molecule has 0 bridgehead atoms. The number of aryl methyl sites for hydroxylation is 1. The van der Waals surface area contributed by atoms with Gasteiger partial charge in [0.15, 0.2) is 5.69 Å². The number of nitrogens with two attached hydrogens (primary N) is 1. The van der Waals surface area contributed by atoms with E-state index in [9.17, 15) is 13.2 Å². The summed E-state index contributed by atoms with van der Waals surface area (Å²) in [5, 5.41) is 16.4. The summed E-state index contributed by atoms with van der Waals surface area (Å²) < 4.78 is 21.4. The van der Waals surface area contributed by atoms with Crippen molar-refractivity contribution in [2.75, 3.05) is 17.6 Å². The molecule has 0 unspecified atom stereocenters. The lowest BCUT2D eigenvalue weighted by molar-refractivity contribution is 0.0690. The maximum Gasteiger partial charge on any atom is 0.354 e. The number of nitrogens with one attached hydrogen (secondary N) is 1. The van der Waals surface area contributed by atoms with Crippen molar-refractivity contribution in [1.82, 2.24) is 9.97 Å². The quantitative estimate of drug-likeness (QED) is 0.599. The lowest BCUT2D eigenvalue weighted by atomic mass is 10.3. The highest BCUT2D eigenvalue weighted by Crippen LogP contribution is 2.05. The fourth-order valence-electron chi connectivity index (χ4n) is 1.23. The smallest absolute Gasteiger partial charge is 0.354 e. The summed E-state index contributed by atoms with van der Waals surface area (Å²) in [5.74, 6) is -1.15. The molecule has 9 heteroatoms. The number of sulfonamides is 1. The third kappa shape index (κ3) is 5.06. The molecule has 0 aromatic carbocycles. The topological polar surface area (TPSA) is 135 Å². The van der Waals surface area contributed by atoms with Gasteiger partial charge in [-0.2, -0.15) is 0 Å². The fourth-order valence-corrected chi connectivity index (χ4v) is 1.78. The number of anilines is 1. The minimum atomic E-state index is -3.48. The molecule has 0 spiro atoms. The molecule has 1 aromatic rings. The molecule has 0 saturated carbocycles. The number of aromatic nitrogens is 2. The van der Waals surface area contributed by atoms with Gasteiger partial charge in [-0.1, -0.05) is 0 Å². The summed E-state index contributed by atoms with van der Waals surface area (Å²) in [4.78, 5) is 18.5. The van der Waals surface area contributed by atoms with Crippen LogP contribution in [0.2, 0.25) is 0 Å². The minimum absolute atomic E-state index is 0.114. The Labute approximate surface area is 104 Å². The molecule has 0 aliphatic rings. The van der Waals surface area contributed by atoms with Crippen LogP contribution in [0.3, 0.4) is 0 Å². The average molecular weight is 274 g/mol. The minimum Gasteiger partial charge on any atom is -0.477 e. The number of carboxylic acid groups (broad SMARTS) is 1. The van der Waals surface area contributed by atoms with Gasteiger partial charge in [0, 0.05) is 12.2 Å². The van der Waals surface area contributed by atoms with Crippen LogP contribution in [0.1, 0.15) is 22.6 Å². The van der Waals surface area contributed by atoms with Gasteiger partial charge in [0.1, 0.15) is 0 Å². The molecule has 1 rings (SSSR count). The first kappa shape index (κ1) is 14.3. The largest absolute Gasteiger partial charge is 0.477 e. The number of aromatic carboxylic acids is 1. The van der Waals surface area contributed by atoms with Crippen molar-refractivity contribution in [3.63, 3.8) is 0 Å². The Hall–Kier alpha value is -1.74. The molecule has 0 radical (unpaired) electrons. The second-order valence-electron chi connectivity index (χ2n) is 3.67. The molecule has 0 aliphatic carbocycles. The summed E-state index contributed by atoms with van der Waals surface area (Å²) in [7, 11) is -3.48. The lowest BCUT2D eigenvalue weighted by Gasteiger charge is -2.05. The number of carbonyl (C=O) groups is 1. The molecular formula is C9H14N4O4S. The summed E-state index contributed by atoms with van der Waals surface area (Å²) in [6, 6.07) is 1.35. The monoisotopic (exact) mass is 274 g/mol. The highest BCUT2D eigenvalue weighted by Gasteiger charge is 2.08. The Morgan fingerprint density at radius 1 is 1.50 bits per heavy atom. The van der Waals surface area contributed by atoms with Gasteiger partial charge in [0.2, 0.25) is 16.0 Å². The molecule has 0 saturated heterocycles. The molecule has 8 nitrogen and oxygen atoms in total. The van der Waals surface area contributed by atoms with Gasteiger partial charge in [0.25, 0.3) is 0 Å². The molecule has 1 aromatic heterocycles. The molecule has 100 valence electrons. The van der Waals surface area contributed by atoms with Crippen LogP contribution in [-0.4, -0.2) is 41.8 Å². The molecule has 0 atom stereocenters. The molecule has 0 fully saturated rings. The van der Waals surface area contributed by atoms with E-state index in [-0.39, 0.29) is 17.4 Å². The normalized spacial score (nSPS) is 11.2. The molecule has 1 heterocycles. The Balaban J connectivity index is 2.60. The Morgan fingerprint density at radius 3 is 2.72 bits per heavy atom. The van der Waals surface area contributed by atoms with E-state index in [1.807, 2.05) is 0 Å². The van der Waals surface area contributed by atoms with Crippen LogP contribution >= 0.6 is 0 Å². The van der Waals surface area contributed by atoms with Crippen molar-refractivity contribution in [3.05, 3.63) is 17.5 Å². The van der Waals surface area contributed by atoms with Gasteiger partial charge in [-0.25, -0.2) is 28.3 Å². The lowest BCUT2D eigenvalue weighted by Crippen LogP contribution is -2.19. The van der Waals surface area contributed by atoms with E-state index in [0.29, 0.717) is 18.7 Å². The first-order valence-corrected chi connectivity index (χ1v) is 6.83. The Bertz CT molecular complexity index is 543. The number of rotatable bonds is 6. The van der Waals surface area contributed by atoms with Gasteiger partial charge < -0.3 is 10.4 Å². The van der Waals surface area contributed by atoms with E-state index >= 15 is 0 Å². The highest BCUT2D eigenvalue weighted by molar-refractivity contribution is 7.89. The zero-order valence-electron chi connectivity index (χ0n) is 9.75. The molecular weight excluding hydrogens is 260 g/mol. The van der Waals surface area contributed by atoms with Crippen molar-refractivity contribution in [1.29, 1.82) is 0 Å². The van der Waals surface area contributed by atoms with E-state index in [1.165, 1.54) is 6.07 Å². The van der Waals surface area contributed by atoms with Gasteiger partial charge in [-0.15, -0.1) is 0 Å². The number of primary sulfonamides is 1. The van der Waals surface area contributed by atoms with Crippen LogP contribution in [0.15, 0.2) is 6.07 Å². The Morgan fingerprint density at radius 2 is 2.17 bits per heavy atom. The summed E-state index contributed by atoms with van der Waals surface area (Å²) in [6.07, 6.45) is 0.290. The van der Waals surface area contributed by atoms with Crippen LogP contribution in [0.5, 0.6) is 0 Å². The fraction of sp³-hybridized carbons (Fsp3) is 0.444. The van der Waals surface area contributed by atoms with E-state index in [2.05, 4.69) is 15.3 Å². The third-order valence-corrected chi connectivity index (χ3v) is 2.82. The first-order chi connectivity index (χ1) is 8.28. The number of hydrogen-bond acceptors (Lipinski definition) is 6. The van der Waals surface area contributed by atoms with Gasteiger partial charge in [-0.05, 0) is 19.4 Å². The molecule has 0 amide bonds. The van der Waals surface area contributed by atoms with Crippen LogP contribution in [0.4, 0.5) is 5.95 Å². The second kappa shape index (κ2) is 5.74. The zero-order chi connectivity index (χ0) is 13.8. The average Bonchev–Trinajstić information content (AvgIpc) is 2.22. The SMILES string of the molecule is Cc1cc(C(=O)O)nc(NCCCS(N)(=O)=O)n1. The summed E-state index contributed by atoms with van der Waals surface area (Å²) >= 11 is 0. The molecule has 18 heavy (non-hydrogen) atoms. The Kier molecular flexibility index (Phi) is 4.56. The molecule has 4 N–H and O–H groups in total. The summed E-state index contributed by atoms with van der Waals surface area (Å²) in [5.41, 5.74) is 0.396. The predicted molar refractivity (Wildman–Crippen MR) is 64.8 cm³/mol. The van der Waals surface area contributed by atoms with Crippen LogP contribution < -0.4 is 10.5 Å². The predicted octanol–water partition coefficient (Wildman–Crippen LogP) is -0.426. The second-order valence-corrected chi connectivity index (χ2v) is 5.40. The summed E-state index contributed by atoms with van der Waals surface area (Å²) in [6.45, 7) is 1.93. The standard InChI is InChI=1S/C9H14N4O4S/c1-6-5-7(8(14)15)13-9(12-6)11-3-2-4-18(10,16)17/h5H,2-4H2,1H3,(H,14,15)(H2,10,16,17)(H,11,12,13).